The molecule has 0 bridgehead atoms. The number of benzene rings is 1. The van der Waals surface area contributed by atoms with Crippen molar-refractivity contribution in [2.45, 2.75) is 19.8 Å². The van der Waals surface area contributed by atoms with Crippen molar-refractivity contribution in [2.24, 2.45) is 0 Å². The molecular weight excluding hydrogens is 199 g/mol. The Morgan fingerprint density at radius 2 is 2.20 bits per heavy atom. The monoisotopic (exact) mass is 212 g/mol. The van der Waals surface area contributed by atoms with Crippen LogP contribution in [0.4, 0.5) is 4.39 Å². The van der Waals surface area contributed by atoms with Crippen LogP contribution in [-0.2, 0) is 11.2 Å². The molecule has 0 atom stereocenters. The van der Waals surface area contributed by atoms with Crippen LogP contribution >= 0.6 is 0 Å². The fraction of sp³-hybridized carbons (Fsp3) is 0.364. The molecule has 15 heavy (non-hydrogen) atoms. The van der Waals surface area contributed by atoms with Crippen LogP contribution in [0.2, 0.25) is 0 Å². The number of carboxylic acid groups (broad SMARTS) is 1. The molecule has 3 nitrogen and oxygen atoms in total. The first-order chi connectivity index (χ1) is 7.04. The highest BCUT2D eigenvalue weighted by molar-refractivity contribution is 5.67. The van der Waals surface area contributed by atoms with Crippen LogP contribution in [0.3, 0.4) is 0 Å². The molecule has 0 aliphatic rings. The number of aryl methyl sites for hydroxylation is 1. The normalized spacial score (nSPS) is 10.1. The van der Waals surface area contributed by atoms with Gasteiger partial charge in [-0.1, -0.05) is 0 Å². The molecule has 0 radical (unpaired) electrons. The summed E-state index contributed by atoms with van der Waals surface area (Å²) in [7, 11) is 1.44. The summed E-state index contributed by atoms with van der Waals surface area (Å²) in [4.78, 5) is 10.4. The number of aliphatic carboxylic acids is 1. The fourth-order valence-electron chi connectivity index (χ4n) is 1.40. The molecule has 4 heteroatoms. The Morgan fingerprint density at radius 3 is 2.73 bits per heavy atom. The SMILES string of the molecule is COc1cc(C)cc(F)c1CCC(=O)O. The number of rotatable bonds is 4. The van der Waals surface area contributed by atoms with E-state index in [1.54, 1.807) is 13.0 Å². The van der Waals surface area contributed by atoms with Crippen molar-refractivity contribution in [3.8, 4) is 5.75 Å². The first kappa shape index (κ1) is 11.5. The molecule has 1 rings (SSSR count). The maximum atomic E-state index is 13.5. The number of hydrogen-bond acceptors (Lipinski definition) is 2. The van der Waals surface area contributed by atoms with Gasteiger partial charge in [0.25, 0.3) is 0 Å². The lowest BCUT2D eigenvalue weighted by Crippen LogP contribution is -2.02. The zero-order chi connectivity index (χ0) is 11.4. The second kappa shape index (κ2) is 4.77. The van der Waals surface area contributed by atoms with Gasteiger partial charge in [-0.3, -0.25) is 4.79 Å². The van der Waals surface area contributed by atoms with Gasteiger partial charge in [0.05, 0.1) is 7.11 Å². The lowest BCUT2D eigenvalue weighted by Gasteiger charge is -2.09. The van der Waals surface area contributed by atoms with Gasteiger partial charge in [0.2, 0.25) is 0 Å². The molecule has 0 aliphatic carbocycles. The summed E-state index contributed by atoms with van der Waals surface area (Å²) in [5.41, 5.74) is 1.08. The minimum atomic E-state index is -0.947. The van der Waals surface area contributed by atoms with Gasteiger partial charge >= 0.3 is 5.97 Å². The number of carbonyl (C=O) groups is 1. The van der Waals surface area contributed by atoms with Crippen LogP contribution in [0.15, 0.2) is 12.1 Å². The molecular formula is C11H13FO3. The summed E-state index contributed by atoms with van der Waals surface area (Å²) in [6.07, 6.45) is 0.0426. The summed E-state index contributed by atoms with van der Waals surface area (Å²) in [6, 6.07) is 3.07. The molecule has 0 saturated heterocycles. The van der Waals surface area contributed by atoms with E-state index < -0.39 is 11.8 Å². The van der Waals surface area contributed by atoms with Crippen LogP contribution in [0.5, 0.6) is 5.75 Å². The minimum Gasteiger partial charge on any atom is -0.496 e. The van der Waals surface area contributed by atoms with Crippen LogP contribution in [0.25, 0.3) is 0 Å². The van der Waals surface area contributed by atoms with E-state index in [1.807, 2.05) is 0 Å². The molecule has 0 unspecified atom stereocenters. The van der Waals surface area contributed by atoms with E-state index in [2.05, 4.69) is 0 Å². The van der Waals surface area contributed by atoms with Crippen molar-refractivity contribution < 1.29 is 19.0 Å². The molecule has 0 saturated carbocycles. The Balaban J connectivity index is 2.98. The van der Waals surface area contributed by atoms with E-state index in [1.165, 1.54) is 13.2 Å². The molecule has 0 spiro atoms. The van der Waals surface area contributed by atoms with Crippen LogP contribution in [-0.4, -0.2) is 18.2 Å². The van der Waals surface area contributed by atoms with E-state index in [0.717, 1.165) is 5.56 Å². The molecule has 0 aromatic heterocycles. The van der Waals surface area contributed by atoms with Gasteiger partial charge in [-0.05, 0) is 31.0 Å². The van der Waals surface area contributed by atoms with Crippen molar-refractivity contribution in [3.63, 3.8) is 0 Å². The average Bonchev–Trinajstić information content (AvgIpc) is 2.14. The van der Waals surface area contributed by atoms with Crippen molar-refractivity contribution >= 4 is 5.97 Å². The van der Waals surface area contributed by atoms with Crippen LogP contribution < -0.4 is 4.74 Å². The quantitative estimate of drug-likeness (QED) is 0.831. The smallest absolute Gasteiger partial charge is 0.303 e. The third-order valence-electron chi connectivity index (χ3n) is 2.11. The third kappa shape index (κ3) is 2.94. The Morgan fingerprint density at radius 1 is 1.53 bits per heavy atom. The van der Waals surface area contributed by atoms with E-state index in [4.69, 9.17) is 9.84 Å². The summed E-state index contributed by atoms with van der Waals surface area (Å²) in [5, 5.41) is 8.52. The van der Waals surface area contributed by atoms with Gasteiger partial charge in [0.15, 0.2) is 0 Å². The van der Waals surface area contributed by atoms with Gasteiger partial charge in [-0.25, -0.2) is 4.39 Å². The highest BCUT2D eigenvalue weighted by atomic mass is 19.1. The average molecular weight is 212 g/mol. The van der Waals surface area contributed by atoms with Crippen molar-refractivity contribution in [3.05, 3.63) is 29.1 Å². The standard InChI is InChI=1S/C11H13FO3/c1-7-5-9(12)8(3-4-11(13)14)10(6-7)15-2/h5-6H,3-4H2,1-2H3,(H,13,14). The molecule has 0 fully saturated rings. The summed E-state index contributed by atoms with van der Waals surface area (Å²) in [5.74, 6) is -0.945. The first-order valence-electron chi connectivity index (χ1n) is 4.59. The Labute approximate surface area is 87.5 Å². The molecule has 1 aromatic carbocycles. The number of carboxylic acids is 1. The zero-order valence-electron chi connectivity index (χ0n) is 8.71. The van der Waals surface area contributed by atoms with Gasteiger partial charge in [0.1, 0.15) is 11.6 Å². The van der Waals surface area contributed by atoms with E-state index in [0.29, 0.717) is 11.3 Å². The fourth-order valence-corrected chi connectivity index (χ4v) is 1.40. The van der Waals surface area contributed by atoms with E-state index in [-0.39, 0.29) is 12.8 Å². The Hall–Kier alpha value is -1.58. The van der Waals surface area contributed by atoms with Gasteiger partial charge < -0.3 is 9.84 Å². The molecule has 1 N–H and O–H groups in total. The summed E-state index contributed by atoms with van der Waals surface area (Å²) < 4.78 is 18.5. The molecule has 0 aliphatic heterocycles. The Bertz CT molecular complexity index is 374. The third-order valence-corrected chi connectivity index (χ3v) is 2.11. The summed E-state index contributed by atoms with van der Waals surface area (Å²) >= 11 is 0. The number of ether oxygens (including phenoxy) is 1. The van der Waals surface area contributed by atoms with E-state index in [9.17, 15) is 9.18 Å². The van der Waals surface area contributed by atoms with E-state index >= 15 is 0 Å². The maximum absolute atomic E-state index is 13.5. The van der Waals surface area contributed by atoms with Crippen molar-refractivity contribution in [1.82, 2.24) is 0 Å². The maximum Gasteiger partial charge on any atom is 0.303 e. The highest BCUT2D eigenvalue weighted by Crippen LogP contribution is 2.24. The lowest BCUT2D eigenvalue weighted by molar-refractivity contribution is -0.136. The van der Waals surface area contributed by atoms with Crippen LogP contribution in [0.1, 0.15) is 17.5 Å². The topological polar surface area (TPSA) is 46.5 Å². The van der Waals surface area contributed by atoms with Crippen molar-refractivity contribution in [1.29, 1.82) is 0 Å². The molecule has 1 aromatic rings. The molecule has 0 heterocycles. The van der Waals surface area contributed by atoms with Gasteiger partial charge in [0, 0.05) is 12.0 Å². The number of hydrogen-bond donors (Lipinski definition) is 1. The second-order valence-electron chi connectivity index (χ2n) is 3.32. The van der Waals surface area contributed by atoms with Crippen molar-refractivity contribution in [2.75, 3.05) is 7.11 Å². The van der Waals surface area contributed by atoms with Gasteiger partial charge in [-0.15, -0.1) is 0 Å². The minimum absolute atomic E-state index is 0.101. The van der Waals surface area contributed by atoms with Crippen LogP contribution in [0, 0.1) is 12.7 Å². The second-order valence-corrected chi connectivity index (χ2v) is 3.32. The molecule has 82 valence electrons. The molecule has 0 amide bonds. The largest absolute Gasteiger partial charge is 0.496 e. The predicted octanol–water partition coefficient (Wildman–Crippen LogP) is 2.16. The van der Waals surface area contributed by atoms with Gasteiger partial charge in [-0.2, -0.15) is 0 Å². The zero-order valence-corrected chi connectivity index (χ0v) is 8.71. The number of halogens is 1. The highest BCUT2D eigenvalue weighted by Gasteiger charge is 2.11. The first-order valence-corrected chi connectivity index (χ1v) is 4.59. The Kier molecular flexibility index (Phi) is 3.66. The number of methoxy groups -OCH3 is 1. The summed E-state index contributed by atoms with van der Waals surface area (Å²) in [6.45, 7) is 1.76. The predicted molar refractivity (Wildman–Crippen MR) is 53.6 cm³/mol. The lowest BCUT2D eigenvalue weighted by atomic mass is 10.1.